The van der Waals surface area contributed by atoms with Crippen LogP contribution in [0.4, 0.5) is 0 Å². The van der Waals surface area contributed by atoms with E-state index in [0.717, 1.165) is 23.3 Å². The van der Waals surface area contributed by atoms with Crippen molar-refractivity contribution in [3.63, 3.8) is 0 Å². The third kappa shape index (κ3) is 7.99. The number of ether oxygens (including phenoxy) is 1. The molecule has 0 fully saturated rings. The van der Waals surface area contributed by atoms with Gasteiger partial charge in [-0.25, -0.2) is 4.98 Å². The van der Waals surface area contributed by atoms with Crippen LogP contribution >= 0.6 is 11.8 Å². The lowest BCUT2D eigenvalue weighted by Crippen LogP contribution is -2.17. The van der Waals surface area contributed by atoms with Gasteiger partial charge in [0.2, 0.25) is 0 Å². The molecule has 0 unspecified atom stereocenters. The molecule has 0 bridgehead atoms. The fraction of sp³-hybridized carbons (Fsp3) is 0.640. The maximum Gasteiger partial charge on any atom is 0.325 e. The van der Waals surface area contributed by atoms with Gasteiger partial charge in [-0.15, -0.1) is 0 Å². The second kappa shape index (κ2) is 11.2. The molecule has 0 radical (unpaired) electrons. The van der Waals surface area contributed by atoms with Gasteiger partial charge in [0, 0.05) is 16.9 Å². The zero-order valence-corrected chi connectivity index (χ0v) is 21.1. The number of hydrogen-bond donors (Lipinski definition) is 1. The highest BCUT2D eigenvalue weighted by molar-refractivity contribution is 7.99. The van der Waals surface area contributed by atoms with E-state index < -0.39 is 0 Å². The number of aromatic hydroxyl groups is 1. The maximum atomic E-state index is 10.9. The maximum absolute atomic E-state index is 10.9. The summed E-state index contributed by atoms with van der Waals surface area (Å²) in [4.78, 5) is 13.0. The molecule has 2 rings (SSSR count). The fourth-order valence-corrected chi connectivity index (χ4v) is 4.14. The van der Waals surface area contributed by atoms with Crippen LogP contribution in [0.25, 0.3) is 0 Å². The van der Waals surface area contributed by atoms with Gasteiger partial charge >= 0.3 is 6.01 Å². The van der Waals surface area contributed by atoms with Crippen molar-refractivity contribution < 1.29 is 9.84 Å². The molecule has 1 aromatic heterocycles. The van der Waals surface area contributed by atoms with Crippen LogP contribution in [0.15, 0.2) is 23.6 Å². The van der Waals surface area contributed by atoms with Crippen LogP contribution in [0, 0.1) is 0 Å². The average Bonchev–Trinajstić information content (AvgIpc) is 2.67. The number of nitrogens with zero attached hydrogens (tertiary/aromatic N) is 3. The molecule has 0 saturated carbocycles. The van der Waals surface area contributed by atoms with Crippen molar-refractivity contribution in [2.45, 2.75) is 103 Å². The quantitative estimate of drug-likeness (QED) is 0.303. The summed E-state index contributed by atoms with van der Waals surface area (Å²) in [7, 11) is 0. The van der Waals surface area contributed by atoms with Crippen molar-refractivity contribution in [2.24, 2.45) is 0 Å². The van der Waals surface area contributed by atoms with Gasteiger partial charge in [-0.05, 0) is 29.4 Å². The Morgan fingerprint density at radius 2 is 1.45 bits per heavy atom. The molecular weight excluding hydrogens is 406 g/mol. The van der Waals surface area contributed by atoms with Crippen LogP contribution < -0.4 is 4.74 Å². The zero-order valence-electron chi connectivity index (χ0n) is 20.3. The molecule has 0 atom stereocenters. The van der Waals surface area contributed by atoms with Crippen molar-refractivity contribution in [1.29, 1.82) is 0 Å². The van der Waals surface area contributed by atoms with E-state index in [4.69, 9.17) is 4.74 Å². The molecule has 2 aromatic rings. The molecule has 0 aliphatic carbocycles. The van der Waals surface area contributed by atoms with Crippen LogP contribution in [-0.4, -0.2) is 25.8 Å². The first-order valence-corrected chi connectivity index (χ1v) is 12.4. The predicted molar refractivity (Wildman–Crippen MR) is 130 cm³/mol. The first kappa shape index (κ1) is 25.4. The first-order chi connectivity index (χ1) is 14.5. The number of phenolic OH excluding ortho intramolecular Hbond substituents is 1. The summed E-state index contributed by atoms with van der Waals surface area (Å²) in [6.45, 7) is 14.7. The minimum atomic E-state index is -0.222. The SMILES string of the molecule is CCCCCCCCSc1ncnc(Oc2cc(C(C)(C)C)c(O)c(C(C)(C)C)c2)n1. The first-order valence-electron chi connectivity index (χ1n) is 11.4. The van der Waals surface area contributed by atoms with Gasteiger partial charge in [0.05, 0.1) is 0 Å². The number of aromatic nitrogens is 3. The molecule has 0 spiro atoms. The molecule has 1 aromatic carbocycles. The van der Waals surface area contributed by atoms with E-state index in [1.165, 1.54) is 38.4 Å². The molecule has 31 heavy (non-hydrogen) atoms. The minimum Gasteiger partial charge on any atom is -0.507 e. The van der Waals surface area contributed by atoms with Crippen LogP contribution in [0.1, 0.15) is 98.1 Å². The van der Waals surface area contributed by atoms with Crippen molar-refractivity contribution in [3.05, 3.63) is 29.6 Å². The molecule has 5 nitrogen and oxygen atoms in total. The van der Waals surface area contributed by atoms with E-state index in [9.17, 15) is 5.11 Å². The summed E-state index contributed by atoms with van der Waals surface area (Å²) < 4.78 is 6.03. The summed E-state index contributed by atoms with van der Waals surface area (Å²) in [6, 6.07) is 4.06. The van der Waals surface area contributed by atoms with Gasteiger partial charge in [-0.1, -0.05) is 92.3 Å². The van der Waals surface area contributed by atoms with E-state index in [0.29, 0.717) is 16.7 Å². The molecule has 0 amide bonds. The minimum absolute atomic E-state index is 0.222. The number of thioether (sulfide) groups is 1. The van der Waals surface area contributed by atoms with Gasteiger partial charge < -0.3 is 9.84 Å². The van der Waals surface area contributed by atoms with Crippen LogP contribution in [0.2, 0.25) is 0 Å². The van der Waals surface area contributed by atoms with Crippen LogP contribution in [-0.2, 0) is 10.8 Å². The number of benzene rings is 1. The summed E-state index contributed by atoms with van der Waals surface area (Å²) in [5.74, 6) is 1.96. The fourth-order valence-electron chi connectivity index (χ4n) is 3.35. The predicted octanol–water partition coefficient (Wildman–Crippen LogP) is 7.42. The van der Waals surface area contributed by atoms with Gasteiger partial charge in [0.1, 0.15) is 17.8 Å². The Balaban J connectivity index is 2.11. The monoisotopic (exact) mass is 445 g/mol. The average molecular weight is 446 g/mol. The molecule has 1 heterocycles. The highest BCUT2D eigenvalue weighted by Gasteiger charge is 2.27. The molecule has 0 aliphatic rings. The Morgan fingerprint density at radius 1 is 0.871 bits per heavy atom. The Hall–Kier alpha value is -1.82. The standard InChI is InChI=1S/C25H39N3O2S/c1-8-9-10-11-12-13-14-31-23-27-17-26-22(28-23)30-18-15-19(24(2,3)4)21(29)20(16-18)25(5,6)7/h15-17,29H,8-14H2,1-7H3. The highest BCUT2D eigenvalue weighted by Crippen LogP contribution is 2.42. The zero-order chi connectivity index (χ0) is 23.1. The number of rotatable bonds is 10. The Bertz CT molecular complexity index is 806. The summed E-state index contributed by atoms with van der Waals surface area (Å²) in [5.41, 5.74) is 1.25. The molecular formula is C25H39N3O2S. The largest absolute Gasteiger partial charge is 0.507 e. The van der Waals surface area contributed by atoms with Crippen molar-refractivity contribution >= 4 is 11.8 Å². The van der Waals surface area contributed by atoms with E-state index in [1.807, 2.05) is 12.1 Å². The van der Waals surface area contributed by atoms with E-state index >= 15 is 0 Å². The Morgan fingerprint density at radius 3 is 2.03 bits per heavy atom. The van der Waals surface area contributed by atoms with Crippen LogP contribution in [0.3, 0.4) is 0 Å². The van der Waals surface area contributed by atoms with Crippen molar-refractivity contribution in [2.75, 3.05) is 5.75 Å². The molecule has 1 N–H and O–H groups in total. The second-order valence-electron chi connectivity index (χ2n) is 10.1. The third-order valence-corrected chi connectivity index (χ3v) is 6.11. The summed E-state index contributed by atoms with van der Waals surface area (Å²) >= 11 is 1.64. The van der Waals surface area contributed by atoms with Gasteiger partial charge in [0.15, 0.2) is 5.16 Å². The Labute approximate surface area is 192 Å². The van der Waals surface area contributed by atoms with Gasteiger partial charge in [-0.2, -0.15) is 9.97 Å². The van der Waals surface area contributed by atoms with Gasteiger partial charge in [0.25, 0.3) is 0 Å². The summed E-state index contributed by atoms with van der Waals surface area (Å²) in [6.07, 6.45) is 9.14. The topological polar surface area (TPSA) is 68.1 Å². The number of unbranched alkanes of at least 4 members (excludes halogenated alkanes) is 5. The highest BCUT2D eigenvalue weighted by atomic mass is 32.2. The lowest BCUT2D eigenvalue weighted by molar-refractivity contribution is 0.404. The van der Waals surface area contributed by atoms with E-state index in [1.54, 1.807) is 11.8 Å². The normalized spacial score (nSPS) is 12.2. The lowest BCUT2D eigenvalue weighted by atomic mass is 9.79. The number of phenols is 1. The third-order valence-electron chi connectivity index (χ3n) is 5.17. The van der Waals surface area contributed by atoms with Gasteiger partial charge in [-0.3, -0.25) is 0 Å². The molecule has 6 heteroatoms. The second-order valence-corrected chi connectivity index (χ2v) is 11.2. The lowest BCUT2D eigenvalue weighted by Gasteiger charge is -2.27. The van der Waals surface area contributed by atoms with Crippen LogP contribution in [0.5, 0.6) is 17.5 Å². The molecule has 0 saturated heterocycles. The van der Waals surface area contributed by atoms with Crippen molar-refractivity contribution in [3.8, 4) is 17.5 Å². The molecule has 172 valence electrons. The van der Waals surface area contributed by atoms with Crippen molar-refractivity contribution in [1.82, 2.24) is 15.0 Å². The Kier molecular flexibility index (Phi) is 9.16. The smallest absolute Gasteiger partial charge is 0.325 e. The van der Waals surface area contributed by atoms with E-state index in [-0.39, 0.29) is 16.8 Å². The van der Waals surface area contributed by atoms with E-state index in [2.05, 4.69) is 63.4 Å². The number of hydrogen-bond acceptors (Lipinski definition) is 6. The summed E-state index contributed by atoms with van der Waals surface area (Å²) in [5, 5.41) is 11.6. The molecule has 0 aliphatic heterocycles.